The summed E-state index contributed by atoms with van der Waals surface area (Å²) in [6.07, 6.45) is 8.39. The molecule has 0 aliphatic rings. The Hall–Kier alpha value is -4.34. The van der Waals surface area contributed by atoms with Crippen LogP contribution in [0.15, 0.2) is 64.6 Å². The highest BCUT2D eigenvalue weighted by atomic mass is 15.2. The van der Waals surface area contributed by atoms with Gasteiger partial charge in [-0.05, 0) is 35.7 Å². The molecular weight excluding hydrogens is 428 g/mol. The van der Waals surface area contributed by atoms with Crippen molar-refractivity contribution in [1.82, 2.24) is 25.5 Å². The summed E-state index contributed by atoms with van der Waals surface area (Å²) in [5, 5.41) is 14.5. The molecule has 3 aromatic heterocycles. The van der Waals surface area contributed by atoms with Crippen molar-refractivity contribution in [3.8, 4) is 0 Å². The molecule has 10 nitrogen and oxygen atoms in total. The van der Waals surface area contributed by atoms with E-state index in [-0.39, 0.29) is 0 Å². The van der Waals surface area contributed by atoms with Gasteiger partial charge in [0.2, 0.25) is 0 Å². The highest BCUT2D eigenvalue weighted by Crippen LogP contribution is 2.22. The highest BCUT2D eigenvalue weighted by Gasteiger charge is 2.10. The van der Waals surface area contributed by atoms with Crippen molar-refractivity contribution >= 4 is 40.3 Å². The first-order valence-corrected chi connectivity index (χ1v) is 10.8. The molecule has 0 atom stereocenters. The number of aromatic nitrogens is 4. The summed E-state index contributed by atoms with van der Waals surface area (Å²) in [5.41, 5.74) is 16.7. The van der Waals surface area contributed by atoms with Crippen molar-refractivity contribution < 1.29 is 0 Å². The number of nitrogens with one attached hydrogen (secondary N) is 2. The minimum absolute atomic E-state index is 0.310. The van der Waals surface area contributed by atoms with E-state index in [2.05, 4.69) is 49.6 Å². The molecule has 34 heavy (non-hydrogen) atoms. The second-order valence-electron chi connectivity index (χ2n) is 7.79. The summed E-state index contributed by atoms with van der Waals surface area (Å²) in [5.74, 6) is 1.96. The summed E-state index contributed by atoms with van der Waals surface area (Å²) in [7, 11) is 3.47. The summed E-state index contributed by atoms with van der Waals surface area (Å²) >= 11 is 0. The van der Waals surface area contributed by atoms with Crippen LogP contribution in [-0.4, -0.2) is 52.9 Å². The zero-order valence-corrected chi connectivity index (χ0v) is 19.8. The molecule has 0 aliphatic carbocycles. The van der Waals surface area contributed by atoms with Crippen LogP contribution in [0.25, 0.3) is 16.6 Å². The van der Waals surface area contributed by atoms with Crippen LogP contribution >= 0.6 is 0 Å². The molecule has 3 rings (SSSR count). The molecular formula is C24H30N10. The molecule has 0 radical (unpaired) electrons. The average molecular weight is 459 g/mol. The normalized spacial score (nSPS) is 13.1. The molecule has 0 saturated heterocycles. The quantitative estimate of drug-likeness (QED) is 0.282. The topological polar surface area (TPSA) is 152 Å². The van der Waals surface area contributed by atoms with Gasteiger partial charge in [-0.15, -0.1) is 5.10 Å². The van der Waals surface area contributed by atoms with Gasteiger partial charge in [0.05, 0.1) is 23.8 Å². The highest BCUT2D eigenvalue weighted by molar-refractivity contribution is 6.22. The number of amidine groups is 1. The van der Waals surface area contributed by atoms with E-state index in [4.69, 9.17) is 16.5 Å². The first kappa shape index (κ1) is 24.3. The molecule has 3 aromatic rings. The number of nitrogens with two attached hydrogens (primary N) is 2. The number of aliphatic imine (C=N–C) groups is 2. The lowest BCUT2D eigenvalue weighted by Gasteiger charge is -2.10. The maximum absolute atomic E-state index is 6.30. The molecule has 0 fully saturated rings. The Labute approximate surface area is 199 Å². The van der Waals surface area contributed by atoms with E-state index in [0.717, 1.165) is 22.2 Å². The van der Waals surface area contributed by atoms with Gasteiger partial charge >= 0.3 is 0 Å². The molecule has 3 heterocycles. The van der Waals surface area contributed by atoms with E-state index in [1.165, 1.54) is 6.20 Å². The smallest absolute Gasteiger partial charge is 0.154 e. The van der Waals surface area contributed by atoms with Gasteiger partial charge < -0.3 is 22.1 Å². The SMILES string of the molecule is CN=CC(=CN)CN=C(N)/C(=C\NC)c1cnc2ccc(Nc3cc(C(C)C)cnn3)nc2c1. The summed E-state index contributed by atoms with van der Waals surface area (Å²) in [4.78, 5) is 17.7. The Morgan fingerprint density at radius 3 is 2.68 bits per heavy atom. The Balaban J connectivity index is 1.91. The Morgan fingerprint density at radius 1 is 1.15 bits per heavy atom. The van der Waals surface area contributed by atoms with Gasteiger partial charge in [0.25, 0.3) is 0 Å². The average Bonchev–Trinajstić information content (AvgIpc) is 2.84. The first-order chi connectivity index (χ1) is 16.4. The number of nitrogens with zero attached hydrogens (tertiary/aromatic N) is 6. The lowest BCUT2D eigenvalue weighted by atomic mass is 10.1. The molecule has 0 aromatic carbocycles. The third-order valence-electron chi connectivity index (χ3n) is 4.95. The Bertz CT molecular complexity index is 1260. The second-order valence-corrected chi connectivity index (χ2v) is 7.79. The molecule has 0 amide bonds. The summed E-state index contributed by atoms with van der Waals surface area (Å²) in [6, 6.07) is 7.64. The maximum atomic E-state index is 6.30. The van der Waals surface area contributed by atoms with Crippen LogP contribution < -0.4 is 22.1 Å². The van der Waals surface area contributed by atoms with Gasteiger partial charge in [-0.3, -0.25) is 15.0 Å². The molecule has 0 saturated carbocycles. The van der Waals surface area contributed by atoms with Crippen LogP contribution in [-0.2, 0) is 0 Å². The Morgan fingerprint density at radius 2 is 1.97 bits per heavy atom. The van der Waals surface area contributed by atoms with Crippen molar-refractivity contribution in [3.63, 3.8) is 0 Å². The Kier molecular flexibility index (Phi) is 8.22. The second kappa shape index (κ2) is 11.5. The van der Waals surface area contributed by atoms with Crippen LogP contribution in [0.5, 0.6) is 0 Å². The monoisotopic (exact) mass is 458 g/mol. The zero-order chi connectivity index (χ0) is 24.5. The number of hydrogen-bond acceptors (Lipinski definition) is 9. The molecule has 0 bridgehead atoms. The fraction of sp³-hybridized carbons (Fsp3) is 0.250. The van der Waals surface area contributed by atoms with Gasteiger partial charge in [-0.2, -0.15) is 5.10 Å². The van der Waals surface area contributed by atoms with Gasteiger partial charge in [0, 0.05) is 55.6 Å². The lowest BCUT2D eigenvalue weighted by Crippen LogP contribution is -2.17. The number of pyridine rings is 2. The van der Waals surface area contributed by atoms with E-state index in [1.54, 1.807) is 38.9 Å². The van der Waals surface area contributed by atoms with E-state index in [9.17, 15) is 0 Å². The van der Waals surface area contributed by atoms with Gasteiger partial charge in [-0.25, -0.2) is 4.98 Å². The number of rotatable bonds is 9. The van der Waals surface area contributed by atoms with E-state index < -0.39 is 0 Å². The van der Waals surface area contributed by atoms with Gasteiger partial charge in [-0.1, -0.05) is 13.8 Å². The fourth-order valence-corrected chi connectivity index (χ4v) is 3.13. The zero-order valence-electron chi connectivity index (χ0n) is 19.8. The van der Waals surface area contributed by atoms with Crippen molar-refractivity contribution in [1.29, 1.82) is 0 Å². The van der Waals surface area contributed by atoms with Crippen molar-refractivity contribution in [2.45, 2.75) is 19.8 Å². The third kappa shape index (κ3) is 6.12. The maximum Gasteiger partial charge on any atom is 0.154 e. The molecule has 0 aliphatic heterocycles. The first-order valence-electron chi connectivity index (χ1n) is 10.8. The van der Waals surface area contributed by atoms with Crippen molar-refractivity contribution in [2.75, 3.05) is 26.0 Å². The number of hydrogen-bond donors (Lipinski definition) is 4. The molecule has 6 N–H and O–H groups in total. The number of anilines is 2. The van der Waals surface area contributed by atoms with E-state index in [0.29, 0.717) is 41.0 Å². The van der Waals surface area contributed by atoms with Crippen LogP contribution in [0, 0.1) is 0 Å². The van der Waals surface area contributed by atoms with Crippen molar-refractivity contribution in [3.05, 3.63) is 65.8 Å². The lowest BCUT2D eigenvalue weighted by molar-refractivity contribution is 0.843. The van der Waals surface area contributed by atoms with Crippen LogP contribution in [0.1, 0.15) is 30.9 Å². The van der Waals surface area contributed by atoms with Crippen LogP contribution in [0.2, 0.25) is 0 Å². The van der Waals surface area contributed by atoms with Crippen molar-refractivity contribution in [2.24, 2.45) is 21.5 Å². The summed E-state index contributed by atoms with van der Waals surface area (Å²) < 4.78 is 0. The largest absolute Gasteiger partial charge is 0.404 e. The number of fused-ring (bicyclic) bond motifs is 1. The van der Waals surface area contributed by atoms with Gasteiger partial charge in [0.15, 0.2) is 5.82 Å². The summed E-state index contributed by atoms with van der Waals surface area (Å²) in [6.45, 7) is 4.53. The van der Waals surface area contributed by atoms with E-state index in [1.807, 2.05) is 24.3 Å². The van der Waals surface area contributed by atoms with Gasteiger partial charge in [0.1, 0.15) is 11.7 Å². The fourth-order valence-electron chi connectivity index (χ4n) is 3.13. The van der Waals surface area contributed by atoms with E-state index >= 15 is 0 Å². The molecule has 176 valence electrons. The van der Waals surface area contributed by atoms with Crippen LogP contribution in [0.4, 0.5) is 11.6 Å². The minimum Gasteiger partial charge on any atom is -0.404 e. The molecule has 0 spiro atoms. The molecule has 0 unspecified atom stereocenters. The van der Waals surface area contributed by atoms with Crippen LogP contribution in [0.3, 0.4) is 0 Å². The predicted molar refractivity (Wildman–Crippen MR) is 139 cm³/mol. The minimum atomic E-state index is 0.310. The molecule has 10 heteroatoms. The third-order valence-corrected chi connectivity index (χ3v) is 4.95. The predicted octanol–water partition coefficient (Wildman–Crippen LogP) is 2.75. The standard InChI is InChI=1S/C24H30N10/c1-15(2)17-8-23(34-31-13-17)33-22-6-5-20-21(32-22)7-18(12-29-20)19(14-28-4)24(26)30-11-16(9-25)10-27-3/h5-10,12-15,28H,11,25H2,1-4H3,(H2,26,30)(H,32,33,34)/b16-9?,19-14-,27-10?.